The van der Waals surface area contributed by atoms with Crippen molar-refractivity contribution in [2.75, 3.05) is 33.4 Å². The van der Waals surface area contributed by atoms with Gasteiger partial charge in [0.2, 0.25) is 0 Å². The van der Waals surface area contributed by atoms with Crippen LogP contribution in [0.1, 0.15) is 36.3 Å². The zero-order valence-electron chi connectivity index (χ0n) is 15.2. The van der Waals surface area contributed by atoms with Gasteiger partial charge < -0.3 is 14.4 Å². The lowest BCUT2D eigenvalue weighted by Crippen LogP contribution is -2.21. The zero-order chi connectivity index (χ0) is 17.5. The van der Waals surface area contributed by atoms with Crippen LogP contribution in [0.25, 0.3) is 0 Å². The summed E-state index contributed by atoms with van der Waals surface area (Å²) in [6, 6.07) is 7.95. The van der Waals surface area contributed by atoms with Gasteiger partial charge in [0.05, 0.1) is 13.7 Å². The minimum absolute atomic E-state index is 0.690. The van der Waals surface area contributed by atoms with Gasteiger partial charge in [0.25, 0.3) is 0 Å². The van der Waals surface area contributed by atoms with E-state index in [0.29, 0.717) is 13.0 Å². The molecule has 0 saturated carbocycles. The molecule has 2 aromatic rings. The van der Waals surface area contributed by atoms with E-state index in [1.165, 1.54) is 25.9 Å². The molecular formula is C20H27N3O2. The highest BCUT2D eigenvalue weighted by Crippen LogP contribution is 2.29. The van der Waals surface area contributed by atoms with Crippen molar-refractivity contribution in [1.29, 1.82) is 0 Å². The number of hydrogen-bond donors (Lipinski definition) is 0. The minimum atomic E-state index is 0.690. The fraction of sp³-hybridized carbons (Fsp3) is 0.500. The van der Waals surface area contributed by atoms with Crippen molar-refractivity contribution in [3.8, 4) is 11.5 Å². The van der Waals surface area contributed by atoms with Crippen LogP contribution in [0, 0.1) is 6.92 Å². The highest BCUT2D eigenvalue weighted by molar-refractivity contribution is 5.43. The molecule has 0 bridgehead atoms. The number of rotatable bonds is 8. The summed E-state index contributed by atoms with van der Waals surface area (Å²) in [5.74, 6) is 2.40. The first kappa shape index (κ1) is 17.7. The van der Waals surface area contributed by atoms with Crippen LogP contribution in [0.4, 0.5) is 0 Å². The van der Waals surface area contributed by atoms with Crippen molar-refractivity contribution < 1.29 is 9.47 Å². The number of aryl methyl sites for hydroxylation is 1. The molecule has 1 aliphatic rings. The second-order valence-corrected chi connectivity index (χ2v) is 6.53. The summed E-state index contributed by atoms with van der Waals surface area (Å²) in [5.41, 5.74) is 2.11. The van der Waals surface area contributed by atoms with Gasteiger partial charge >= 0.3 is 0 Å². The summed E-state index contributed by atoms with van der Waals surface area (Å²) >= 11 is 0. The first-order valence-electron chi connectivity index (χ1n) is 9.05. The van der Waals surface area contributed by atoms with Crippen LogP contribution in [0.3, 0.4) is 0 Å². The first-order valence-corrected chi connectivity index (χ1v) is 9.05. The van der Waals surface area contributed by atoms with Gasteiger partial charge in [0.15, 0.2) is 11.5 Å². The van der Waals surface area contributed by atoms with E-state index in [1.54, 1.807) is 13.3 Å². The van der Waals surface area contributed by atoms with Crippen molar-refractivity contribution in [2.24, 2.45) is 0 Å². The molecule has 1 fully saturated rings. The molecule has 25 heavy (non-hydrogen) atoms. The van der Waals surface area contributed by atoms with E-state index in [4.69, 9.17) is 9.47 Å². The molecule has 2 heterocycles. The summed E-state index contributed by atoms with van der Waals surface area (Å²) in [6.45, 7) is 6.26. The quantitative estimate of drug-likeness (QED) is 0.690. The van der Waals surface area contributed by atoms with Crippen molar-refractivity contribution >= 4 is 0 Å². The normalized spacial score (nSPS) is 14.6. The molecule has 0 unspecified atom stereocenters. The van der Waals surface area contributed by atoms with E-state index in [-0.39, 0.29) is 0 Å². The number of nitrogens with zero attached hydrogens (tertiary/aromatic N) is 3. The number of likely N-dealkylation sites (tertiary alicyclic amines) is 1. The third kappa shape index (κ3) is 5.16. The average Bonchev–Trinajstić information content (AvgIpc) is 3.12. The Bertz CT molecular complexity index is 684. The van der Waals surface area contributed by atoms with Crippen molar-refractivity contribution in [2.45, 2.75) is 32.6 Å². The maximum absolute atomic E-state index is 6.00. The molecule has 0 radical (unpaired) electrons. The Morgan fingerprint density at radius 1 is 1.12 bits per heavy atom. The fourth-order valence-corrected chi connectivity index (χ4v) is 3.19. The van der Waals surface area contributed by atoms with Crippen molar-refractivity contribution in [3.63, 3.8) is 0 Å². The van der Waals surface area contributed by atoms with E-state index in [2.05, 4.69) is 14.9 Å². The molecule has 0 N–H and O–H groups in total. The smallest absolute Gasteiger partial charge is 0.161 e. The largest absolute Gasteiger partial charge is 0.493 e. The van der Waals surface area contributed by atoms with Crippen LogP contribution in [-0.2, 0) is 6.42 Å². The topological polar surface area (TPSA) is 47.5 Å². The lowest BCUT2D eigenvalue weighted by Gasteiger charge is -2.16. The average molecular weight is 341 g/mol. The third-order valence-electron chi connectivity index (χ3n) is 4.51. The van der Waals surface area contributed by atoms with Gasteiger partial charge in [0.1, 0.15) is 5.82 Å². The van der Waals surface area contributed by atoms with Crippen LogP contribution in [0.2, 0.25) is 0 Å². The number of hydrogen-bond acceptors (Lipinski definition) is 5. The molecule has 0 aliphatic carbocycles. The van der Waals surface area contributed by atoms with E-state index >= 15 is 0 Å². The minimum Gasteiger partial charge on any atom is -0.493 e. The van der Waals surface area contributed by atoms with Gasteiger partial charge in [-0.15, -0.1) is 0 Å². The van der Waals surface area contributed by atoms with Gasteiger partial charge in [-0.3, -0.25) is 0 Å². The second-order valence-electron chi connectivity index (χ2n) is 6.53. The lowest BCUT2D eigenvalue weighted by molar-refractivity contribution is 0.254. The van der Waals surface area contributed by atoms with Crippen LogP contribution < -0.4 is 9.47 Å². The van der Waals surface area contributed by atoms with Gasteiger partial charge in [-0.25, -0.2) is 9.97 Å². The van der Waals surface area contributed by atoms with Crippen LogP contribution in [0.15, 0.2) is 30.5 Å². The fourth-order valence-electron chi connectivity index (χ4n) is 3.19. The summed E-state index contributed by atoms with van der Waals surface area (Å²) in [5, 5.41) is 0. The Labute approximate surface area is 150 Å². The summed E-state index contributed by atoms with van der Waals surface area (Å²) in [6.07, 6.45) is 6.19. The van der Waals surface area contributed by atoms with Crippen molar-refractivity contribution in [3.05, 3.63) is 47.5 Å². The summed E-state index contributed by atoms with van der Waals surface area (Å²) < 4.78 is 11.4. The van der Waals surface area contributed by atoms with E-state index in [9.17, 15) is 0 Å². The number of benzene rings is 1. The predicted octanol–water partition coefficient (Wildman–Crippen LogP) is 3.25. The molecule has 134 valence electrons. The van der Waals surface area contributed by atoms with Gasteiger partial charge in [-0.1, -0.05) is 6.07 Å². The van der Waals surface area contributed by atoms with Gasteiger partial charge in [0, 0.05) is 24.9 Å². The lowest BCUT2D eigenvalue weighted by atomic mass is 10.1. The summed E-state index contributed by atoms with van der Waals surface area (Å²) in [4.78, 5) is 11.3. The summed E-state index contributed by atoms with van der Waals surface area (Å²) in [7, 11) is 1.68. The Hall–Kier alpha value is -2.14. The Kier molecular flexibility index (Phi) is 6.23. The number of methoxy groups -OCH3 is 1. The van der Waals surface area contributed by atoms with Crippen LogP contribution in [0.5, 0.6) is 11.5 Å². The van der Waals surface area contributed by atoms with E-state index in [1.807, 2.05) is 31.2 Å². The standard InChI is InChI=1S/C20H27N3O2/c1-16-8-9-21-20(22-16)15-17-6-7-18(24-2)19(14-17)25-13-5-12-23-10-3-4-11-23/h6-9,14H,3-5,10-13,15H2,1-2H3. The second kappa shape index (κ2) is 8.81. The number of ether oxygens (including phenoxy) is 2. The first-order chi connectivity index (χ1) is 12.2. The maximum atomic E-state index is 6.00. The SMILES string of the molecule is COc1ccc(Cc2nccc(C)n2)cc1OCCCN1CCCC1. The zero-order valence-corrected chi connectivity index (χ0v) is 15.2. The Morgan fingerprint density at radius 3 is 2.72 bits per heavy atom. The van der Waals surface area contributed by atoms with Crippen LogP contribution in [-0.4, -0.2) is 48.2 Å². The van der Waals surface area contributed by atoms with Gasteiger partial charge in [-0.05, 0) is 63.0 Å². The highest BCUT2D eigenvalue weighted by atomic mass is 16.5. The molecule has 1 aromatic carbocycles. The Morgan fingerprint density at radius 2 is 1.96 bits per heavy atom. The molecule has 3 rings (SSSR count). The third-order valence-corrected chi connectivity index (χ3v) is 4.51. The van der Waals surface area contributed by atoms with E-state index < -0.39 is 0 Å². The monoisotopic (exact) mass is 341 g/mol. The molecular weight excluding hydrogens is 314 g/mol. The Balaban J connectivity index is 1.59. The number of aromatic nitrogens is 2. The van der Waals surface area contributed by atoms with E-state index in [0.717, 1.165) is 41.5 Å². The maximum Gasteiger partial charge on any atom is 0.161 e. The molecule has 0 atom stereocenters. The molecule has 1 aromatic heterocycles. The predicted molar refractivity (Wildman–Crippen MR) is 98.4 cm³/mol. The molecule has 0 amide bonds. The molecule has 5 nitrogen and oxygen atoms in total. The highest BCUT2D eigenvalue weighted by Gasteiger charge is 2.11. The molecule has 1 saturated heterocycles. The molecule has 1 aliphatic heterocycles. The van der Waals surface area contributed by atoms with Crippen LogP contribution >= 0.6 is 0 Å². The van der Waals surface area contributed by atoms with Crippen molar-refractivity contribution in [1.82, 2.24) is 14.9 Å². The molecule has 5 heteroatoms. The van der Waals surface area contributed by atoms with Gasteiger partial charge in [-0.2, -0.15) is 0 Å². The molecule has 0 spiro atoms.